The second-order valence-electron chi connectivity index (χ2n) is 5.53. The van der Waals surface area contributed by atoms with Gasteiger partial charge in [-0.1, -0.05) is 56.3 Å². The molecule has 0 aliphatic heterocycles. The highest BCUT2D eigenvalue weighted by molar-refractivity contribution is 5.30. The Morgan fingerprint density at radius 1 is 1.12 bits per heavy atom. The van der Waals surface area contributed by atoms with Crippen LogP contribution in [0.4, 0.5) is 0 Å². The first-order chi connectivity index (χ1) is 7.41. The second-order valence-corrected chi connectivity index (χ2v) is 5.53. The minimum Gasteiger partial charge on any atom is -0.310 e. The Bertz CT molecular complexity index is 390. The lowest BCUT2D eigenvalue weighted by Crippen LogP contribution is -2.53. The minimum atomic E-state index is -0.658. The summed E-state index contributed by atoms with van der Waals surface area (Å²) in [5.41, 5.74) is 12.7. The van der Waals surface area contributed by atoms with Gasteiger partial charge in [-0.15, -0.1) is 0 Å². The van der Waals surface area contributed by atoms with Gasteiger partial charge in [-0.2, -0.15) is 0 Å². The molecule has 1 atom stereocenters. The molecule has 2 rings (SSSR count). The van der Waals surface area contributed by atoms with Crippen LogP contribution < -0.4 is 11.5 Å². The molecule has 2 nitrogen and oxygen atoms in total. The molecular formula is C14H20N2. The molecule has 0 bridgehead atoms. The van der Waals surface area contributed by atoms with Gasteiger partial charge in [0.05, 0.1) is 5.66 Å². The molecule has 2 heteroatoms. The third-order valence-corrected chi connectivity index (χ3v) is 3.36. The number of rotatable bonds is 1. The summed E-state index contributed by atoms with van der Waals surface area (Å²) < 4.78 is 0. The fourth-order valence-electron chi connectivity index (χ4n) is 2.72. The van der Waals surface area contributed by atoms with E-state index in [2.05, 4.69) is 44.2 Å². The van der Waals surface area contributed by atoms with Gasteiger partial charge in [-0.05, 0) is 17.4 Å². The molecule has 0 spiro atoms. The van der Waals surface area contributed by atoms with Crippen LogP contribution in [0.5, 0.6) is 0 Å². The Balaban J connectivity index is 2.36. The van der Waals surface area contributed by atoms with Crippen LogP contribution in [0.25, 0.3) is 0 Å². The smallest absolute Gasteiger partial charge is 0.0833 e. The highest BCUT2D eigenvalue weighted by Crippen LogP contribution is 2.44. The molecule has 0 heterocycles. The standard InChI is InChI=1S/C14H20N2/c1-13(2)10-14(15,16)9-8-12(13)11-6-4-3-5-7-11/h3-9,12H,10,15-16H2,1-2H3. The van der Waals surface area contributed by atoms with E-state index in [1.165, 1.54) is 5.56 Å². The summed E-state index contributed by atoms with van der Waals surface area (Å²) in [6.07, 6.45) is 4.89. The molecule has 1 unspecified atom stereocenters. The first-order valence-corrected chi connectivity index (χ1v) is 5.73. The van der Waals surface area contributed by atoms with Crippen molar-refractivity contribution < 1.29 is 0 Å². The van der Waals surface area contributed by atoms with Crippen LogP contribution in [0.2, 0.25) is 0 Å². The van der Waals surface area contributed by atoms with Gasteiger partial charge >= 0.3 is 0 Å². The number of benzene rings is 1. The summed E-state index contributed by atoms with van der Waals surface area (Å²) in [4.78, 5) is 0. The maximum atomic E-state index is 5.98. The van der Waals surface area contributed by atoms with Crippen LogP contribution in [0.1, 0.15) is 31.7 Å². The van der Waals surface area contributed by atoms with E-state index >= 15 is 0 Å². The Kier molecular flexibility index (Phi) is 2.64. The van der Waals surface area contributed by atoms with Crippen LogP contribution in [-0.4, -0.2) is 5.66 Å². The molecule has 0 amide bonds. The SMILES string of the molecule is CC1(C)CC(N)(N)C=CC1c1ccccc1. The molecular weight excluding hydrogens is 196 g/mol. The lowest BCUT2D eigenvalue weighted by atomic mass is 9.66. The zero-order valence-electron chi connectivity index (χ0n) is 9.98. The van der Waals surface area contributed by atoms with Crippen molar-refractivity contribution in [2.45, 2.75) is 31.8 Å². The molecule has 1 aliphatic carbocycles. The van der Waals surface area contributed by atoms with Crippen molar-refractivity contribution in [1.29, 1.82) is 0 Å². The van der Waals surface area contributed by atoms with Crippen LogP contribution in [0, 0.1) is 5.41 Å². The topological polar surface area (TPSA) is 52.0 Å². The number of hydrogen-bond acceptors (Lipinski definition) is 2. The summed E-state index contributed by atoms with van der Waals surface area (Å²) in [5, 5.41) is 0. The van der Waals surface area contributed by atoms with Crippen LogP contribution >= 0.6 is 0 Å². The van der Waals surface area contributed by atoms with Gasteiger partial charge in [-0.3, -0.25) is 0 Å². The molecule has 86 valence electrons. The Labute approximate surface area is 97.3 Å². The molecule has 0 aromatic heterocycles. The summed E-state index contributed by atoms with van der Waals surface area (Å²) in [5.74, 6) is 0.397. The van der Waals surface area contributed by atoms with Crippen molar-refractivity contribution in [2.75, 3.05) is 0 Å². The fourth-order valence-corrected chi connectivity index (χ4v) is 2.72. The second kappa shape index (κ2) is 3.72. The highest BCUT2D eigenvalue weighted by Gasteiger charge is 2.38. The summed E-state index contributed by atoms with van der Waals surface area (Å²) in [6, 6.07) is 10.5. The Morgan fingerprint density at radius 3 is 2.31 bits per heavy atom. The molecule has 1 aromatic carbocycles. The van der Waals surface area contributed by atoms with Crippen LogP contribution in [-0.2, 0) is 0 Å². The van der Waals surface area contributed by atoms with Gasteiger partial charge in [0.2, 0.25) is 0 Å². The quantitative estimate of drug-likeness (QED) is 0.559. The number of nitrogens with two attached hydrogens (primary N) is 2. The highest BCUT2D eigenvalue weighted by atomic mass is 14.9. The van der Waals surface area contributed by atoms with E-state index in [4.69, 9.17) is 11.5 Å². The van der Waals surface area contributed by atoms with Gasteiger partial charge < -0.3 is 11.5 Å². The lowest BCUT2D eigenvalue weighted by Gasteiger charge is -2.42. The third kappa shape index (κ3) is 2.18. The summed E-state index contributed by atoms with van der Waals surface area (Å²) in [6.45, 7) is 4.45. The molecule has 0 fully saturated rings. The zero-order valence-corrected chi connectivity index (χ0v) is 9.98. The van der Waals surface area contributed by atoms with E-state index in [0.717, 1.165) is 6.42 Å². The first kappa shape index (κ1) is 11.4. The molecule has 1 aromatic rings. The monoisotopic (exact) mass is 216 g/mol. The predicted octanol–water partition coefficient (Wildman–Crippen LogP) is 2.37. The third-order valence-electron chi connectivity index (χ3n) is 3.36. The van der Waals surface area contributed by atoms with Crippen LogP contribution in [0.3, 0.4) is 0 Å². The van der Waals surface area contributed by atoms with Crippen molar-refractivity contribution in [3.63, 3.8) is 0 Å². The average molecular weight is 216 g/mol. The van der Waals surface area contributed by atoms with Crippen molar-refractivity contribution >= 4 is 0 Å². The molecule has 16 heavy (non-hydrogen) atoms. The maximum Gasteiger partial charge on any atom is 0.0833 e. The van der Waals surface area contributed by atoms with E-state index in [9.17, 15) is 0 Å². The summed E-state index contributed by atoms with van der Waals surface area (Å²) in [7, 11) is 0. The van der Waals surface area contributed by atoms with E-state index in [0.29, 0.717) is 5.92 Å². The maximum absolute atomic E-state index is 5.98. The lowest BCUT2D eigenvalue weighted by molar-refractivity contribution is 0.225. The van der Waals surface area contributed by atoms with Crippen molar-refractivity contribution in [2.24, 2.45) is 16.9 Å². The average Bonchev–Trinajstić information content (AvgIpc) is 2.16. The van der Waals surface area contributed by atoms with E-state index in [1.54, 1.807) is 0 Å². The van der Waals surface area contributed by atoms with Crippen molar-refractivity contribution in [3.8, 4) is 0 Å². The minimum absolute atomic E-state index is 0.0968. The Morgan fingerprint density at radius 2 is 1.75 bits per heavy atom. The van der Waals surface area contributed by atoms with Gasteiger partial charge in [0, 0.05) is 5.92 Å². The molecule has 0 radical (unpaired) electrons. The largest absolute Gasteiger partial charge is 0.310 e. The van der Waals surface area contributed by atoms with Crippen molar-refractivity contribution in [1.82, 2.24) is 0 Å². The van der Waals surface area contributed by atoms with Gasteiger partial charge in [-0.25, -0.2) is 0 Å². The van der Waals surface area contributed by atoms with Crippen molar-refractivity contribution in [3.05, 3.63) is 48.0 Å². The molecule has 4 N–H and O–H groups in total. The van der Waals surface area contributed by atoms with E-state index < -0.39 is 5.66 Å². The molecule has 1 aliphatic rings. The molecule has 0 saturated carbocycles. The molecule has 0 saturated heterocycles. The van der Waals surface area contributed by atoms with Gasteiger partial charge in [0.25, 0.3) is 0 Å². The zero-order chi connectivity index (χ0) is 11.8. The first-order valence-electron chi connectivity index (χ1n) is 5.73. The van der Waals surface area contributed by atoms with Crippen LogP contribution in [0.15, 0.2) is 42.5 Å². The predicted molar refractivity (Wildman–Crippen MR) is 67.8 cm³/mol. The number of allylic oxidation sites excluding steroid dienone is 1. The Hall–Kier alpha value is -1.12. The van der Waals surface area contributed by atoms with E-state index in [1.807, 2.05) is 12.1 Å². The van der Waals surface area contributed by atoms with Gasteiger partial charge in [0.15, 0.2) is 0 Å². The normalized spacial score (nSPS) is 26.6. The fraction of sp³-hybridized carbons (Fsp3) is 0.429. The summed E-state index contributed by atoms with van der Waals surface area (Å²) >= 11 is 0. The number of hydrogen-bond donors (Lipinski definition) is 2. The van der Waals surface area contributed by atoms with E-state index in [-0.39, 0.29) is 5.41 Å². The van der Waals surface area contributed by atoms with Gasteiger partial charge in [0.1, 0.15) is 0 Å².